The molecule has 0 radical (unpaired) electrons. The molecule has 1 aromatic rings. The molecule has 0 saturated heterocycles. The van der Waals surface area contributed by atoms with Crippen molar-refractivity contribution in [3.05, 3.63) is 35.9 Å². The van der Waals surface area contributed by atoms with Gasteiger partial charge in [-0.1, -0.05) is 43.7 Å². The maximum absolute atomic E-state index is 12.8. The van der Waals surface area contributed by atoms with Crippen LogP contribution in [0, 0.1) is 0 Å². The van der Waals surface area contributed by atoms with Crippen LogP contribution in [0.25, 0.3) is 0 Å². The molecule has 0 aromatic heterocycles. The molecule has 1 aromatic carbocycles. The fourth-order valence-corrected chi connectivity index (χ4v) is 2.90. The second-order valence-electron chi connectivity index (χ2n) is 6.14. The van der Waals surface area contributed by atoms with Crippen molar-refractivity contribution in [2.45, 2.75) is 56.9 Å². The molecule has 2 rings (SSSR count). The molecule has 1 fully saturated rings. The van der Waals surface area contributed by atoms with Gasteiger partial charge in [-0.05, 0) is 38.2 Å². The van der Waals surface area contributed by atoms with E-state index in [0.717, 1.165) is 31.2 Å². The van der Waals surface area contributed by atoms with Gasteiger partial charge in [0, 0.05) is 12.1 Å². The quantitative estimate of drug-likeness (QED) is 0.838. The summed E-state index contributed by atoms with van der Waals surface area (Å²) in [6.45, 7) is 4.16. The smallest absolute Gasteiger partial charge is 0.231 e. The summed E-state index contributed by atoms with van der Waals surface area (Å²) in [5.41, 5.74) is 0.447. The lowest BCUT2D eigenvalue weighted by Gasteiger charge is -2.43. The van der Waals surface area contributed by atoms with Gasteiger partial charge in [-0.3, -0.25) is 4.79 Å². The summed E-state index contributed by atoms with van der Waals surface area (Å²) >= 11 is 0. The average Bonchev–Trinajstić information content (AvgIpc) is 2.39. The normalized spacial score (nSPS) is 19.8. The van der Waals surface area contributed by atoms with Gasteiger partial charge in [0.25, 0.3) is 0 Å². The summed E-state index contributed by atoms with van der Waals surface area (Å²) in [6, 6.07) is 10.1. The number of rotatable bonds is 6. The lowest BCUT2D eigenvalue weighted by molar-refractivity contribution is -0.132. The summed E-state index contributed by atoms with van der Waals surface area (Å²) in [5.74, 6) is 0.118. The number of amides is 1. The van der Waals surface area contributed by atoms with Crippen molar-refractivity contribution in [1.29, 1.82) is 0 Å². The van der Waals surface area contributed by atoms with Gasteiger partial charge < -0.3 is 10.4 Å². The van der Waals surface area contributed by atoms with E-state index in [4.69, 9.17) is 0 Å². The number of benzene rings is 1. The van der Waals surface area contributed by atoms with Crippen molar-refractivity contribution in [3.8, 4) is 0 Å². The summed E-state index contributed by atoms with van der Waals surface area (Å²) in [4.78, 5) is 12.8. The maximum atomic E-state index is 12.8. The van der Waals surface area contributed by atoms with Gasteiger partial charge in [-0.15, -0.1) is 0 Å². The first kappa shape index (κ1) is 15.0. The number of hydrogen-bond donors (Lipinski definition) is 2. The third-order valence-electron chi connectivity index (χ3n) is 4.83. The monoisotopic (exact) mass is 275 g/mol. The Morgan fingerprint density at radius 1 is 1.35 bits per heavy atom. The van der Waals surface area contributed by atoms with Gasteiger partial charge in [0.1, 0.15) is 0 Å². The topological polar surface area (TPSA) is 49.3 Å². The number of aliphatic hydroxyl groups excluding tert-OH is 1. The Bertz CT molecular complexity index is 453. The first-order valence-corrected chi connectivity index (χ1v) is 7.55. The van der Waals surface area contributed by atoms with Crippen LogP contribution in [0.4, 0.5) is 0 Å². The van der Waals surface area contributed by atoms with Crippen molar-refractivity contribution in [1.82, 2.24) is 5.32 Å². The zero-order valence-corrected chi connectivity index (χ0v) is 12.5. The first-order valence-electron chi connectivity index (χ1n) is 7.55. The fourth-order valence-electron chi connectivity index (χ4n) is 2.90. The zero-order chi connectivity index (χ0) is 14.6. The predicted molar refractivity (Wildman–Crippen MR) is 80.5 cm³/mol. The molecule has 1 aliphatic rings. The Labute approximate surface area is 121 Å². The van der Waals surface area contributed by atoms with E-state index in [-0.39, 0.29) is 23.5 Å². The first-order chi connectivity index (χ1) is 9.56. The number of carbonyl (C=O) groups excluding carboxylic acids is 1. The molecule has 3 nitrogen and oxygen atoms in total. The van der Waals surface area contributed by atoms with Crippen LogP contribution in [0.15, 0.2) is 30.3 Å². The second kappa shape index (κ2) is 5.96. The molecule has 0 spiro atoms. The van der Waals surface area contributed by atoms with Crippen LogP contribution >= 0.6 is 0 Å². The van der Waals surface area contributed by atoms with Crippen LogP contribution in [-0.4, -0.2) is 23.2 Å². The highest BCUT2D eigenvalue weighted by Gasteiger charge is 2.46. The van der Waals surface area contributed by atoms with Gasteiger partial charge in [0.15, 0.2) is 0 Å². The van der Waals surface area contributed by atoms with E-state index in [1.54, 1.807) is 0 Å². The molecule has 0 heterocycles. The van der Waals surface area contributed by atoms with Crippen LogP contribution in [0.1, 0.15) is 51.5 Å². The van der Waals surface area contributed by atoms with E-state index in [1.165, 1.54) is 0 Å². The molecule has 2 N–H and O–H groups in total. The van der Waals surface area contributed by atoms with Crippen LogP contribution in [-0.2, 0) is 10.2 Å². The van der Waals surface area contributed by atoms with E-state index in [2.05, 4.69) is 5.32 Å². The van der Waals surface area contributed by atoms with E-state index in [0.29, 0.717) is 6.42 Å². The van der Waals surface area contributed by atoms with Crippen LogP contribution < -0.4 is 5.32 Å². The molecule has 3 heteroatoms. The largest absolute Gasteiger partial charge is 0.396 e. The van der Waals surface area contributed by atoms with Gasteiger partial charge >= 0.3 is 0 Å². The van der Waals surface area contributed by atoms with Crippen molar-refractivity contribution in [2.75, 3.05) is 6.61 Å². The van der Waals surface area contributed by atoms with E-state index >= 15 is 0 Å². The van der Waals surface area contributed by atoms with Crippen LogP contribution in [0.3, 0.4) is 0 Å². The highest BCUT2D eigenvalue weighted by molar-refractivity contribution is 5.89. The number of carbonyl (C=O) groups is 1. The molecule has 1 aliphatic carbocycles. The van der Waals surface area contributed by atoms with E-state index in [1.807, 2.05) is 44.2 Å². The number of nitrogens with one attached hydrogen (secondary N) is 1. The second-order valence-corrected chi connectivity index (χ2v) is 6.14. The molecular formula is C17H25NO2. The molecule has 110 valence electrons. The highest BCUT2D eigenvalue weighted by atomic mass is 16.3. The SMILES string of the molecule is CCC(C)(CCO)NC(=O)C1(c2ccccc2)CCC1. The molecule has 1 unspecified atom stereocenters. The summed E-state index contributed by atoms with van der Waals surface area (Å²) < 4.78 is 0. The van der Waals surface area contributed by atoms with Crippen molar-refractivity contribution >= 4 is 5.91 Å². The molecule has 1 amide bonds. The highest BCUT2D eigenvalue weighted by Crippen LogP contribution is 2.44. The summed E-state index contributed by atoms with van der Waals surface area (Å²) in [5, 5.41) is 12.4. The predicted octanol–water partition coefficient (Wildman–Crippen LogP) is 2.78. The summed E-state index contributed by atoms with van der Waals surface area (Å²) in [7, 11) is 0. The van der Waals surface area contributed by atoms with Gasteiger partial charge in [-0.25, -0.2) is 0 Å². The number of hydrogen-bond acceptors (Lipinski definition) is 2. The lowest BCUT2D eigenvalue weighted by atomic mass is 9.63. The average molecular weight is 275 g/mol. The van der Waals surface area contributed by atoms with Gasteiger partial charge in [0.2, 0.25) is 5.91 Å². The molecule has 1 atom stereocenters. The maximum Gasteiger partial charge on any atom is 0.231 e. The van der Waals surface area contributed by atoms with Crippen LogP contribution in [0.5, 0.6) is 0 Å². The standard InChI is InChI=1S/C17H25NO2/c1-3-16(2,12-13-19)18-15(20)17(10-7-11-17)14-8-5-4-6-9-14/h4-6,8-9,19H,3,7,10-13H2,1-2H3,(H,18,20). The lowest BCUT2D eigenvalue weighted by Crippen LogP contribution is -2.56. The summed E-state index contributed by atoms with van der Waals surface area (Å²) in [6.07, 6.45) is 4.36. The molecule has 0 aliphatic heterocycles. The van der Waals surface area contributed by atoms with Crippen LogP contribution in [0.2, 0.25) is 0 Å². The molecular weight excluding hydrogens is 250 g/mol. The zero-order valence-electron chi connectivity index (χ0n) is 12.5. The Morgan fingerprint density at radius 3 is 2.45 bits per heavy atom. The third-order valence-corrected chi connectivity index (χ3v) is 4.83. The fraction of sp³-hybridized carbons (Fsp3) is 0.588. The third kappa shape index (κ3) is 2.73. The molecule has 20 heavy (non-hydrogen) atoms. The van der Waals surface area contributed by atoms with Crippen molar-refractivity contribution in [3.63, 3.8) is 0 Å². The van der Waals surface area contributed by atoms with Gasteiger partial charge in [-0.2, -0.15) is 0 Å². The van der Waals surface area contributed by atoms with E-state index < -0.39 is 0 Å². The Balaban J connectivity index is 2.18. The molecule has 1 saturated carbocycles. The van der Waals surface area contributed by atoms with Crippen molar-refractivity contribution in [2.24, 2.45) is 0 Å². The number of aliphatic hydroxyl groups is 1. The Kier molecular flexibility index (Phi) is 4.48. The molecule has 0 bridgehead atoms. The Morgan fingerprint density at radius 2 is 2.00 bits per heavy atom. The van der Waals surface area contributed by atoms with Crippen molar-refractivity contribution < 1.29 is 9.90 Å². The minimum absolute atomic E-state index is 0.100. The minimum Gasteiger partial charge on any atom is -0.396 e. The minimum atomic E-state index is -0.354. The van der Waals surface area contributed by atoms with Gasteiger partial charge in [0.05, 0.1) is 5.41 Å². The van der Waals surface area contributed by atoms with E-state index in [9.17, 15) is 9.90 Å². The Hall–Kier alpha value is -1.35.